The molecule has 1 aromatic heterocycles. The summed E-state index contributed by atoms with van der Waals surface area (Å²) in [6.45, 7) is 1.39. The Morgan fingerprint density at radius 2 is 2.21 bits per heavy atom. The highest BCUT2D eigenvalue weighted by molar-refractivity contribution is 7.08. The number of fused-ring (bicyclic) bond motifs is 1. The minimum absolute atomic E-state index is 0.0909. The smallest absolute Gasteiger partial charge is 0.259 e. The first-order valence-electron chi connectivity index (χ1n) is 6.44. The third-order valence-electron chi connectivity index (χ3n) is 3.60. The number of amides is 1. The molecular formula is C15H16N2OS. The van der Waals surface area contributed by atoms with Crippen LogP contribution in [0.4, 0.5) is 5.69 Å². The van der Waals surface area contributed by atoms with Crippen molar-refractivity contribution >= 4 is 22.9 Å². The van der Waals surface area contributed by atoms with E-state index in [0.717, 1.165) is 24.2 Å². The van der Waals surface area contributed by atoms with Crippen molar-refractivity contribution in [3.8, 4) is 0 Å². The summed E-state index contributed by atoms with van der Waals surface area (Å²) in [6.07, 6.45) is 0.921. The van der Waals surface area contributed by atoms with E-state index in [0.29, 0.717) is 12.5 Å². The summed E-state index contributed by atoms with van der Waals surface area (Å²) in [7, 11) is 0. The van der Waals surface area contributed by atoms with E-state index in [4.69, 9.17) is 5.73 Å². The molecule has 1 aliphatic heterocycles. The third-order valence-corrected chi connectivity index (χ3v) is 4.28. The number of benzene rings is 1. The van der Waals surface area contributed by atoms with Gasteiger partial charge < -0.3 is 10.6 Å². The van der Waals surface area contributed by atoms with E-state index < -0.39 is 0 Å². The van der Waals surface area contributed by atoms with Gasteiger partial charge in [-0.3, -0.25) is 4.79 Å². The van der Waals surface area contributed by atoms with Crippen molar-refractivity contribution in [1.29, 1.82) is 0 Å². The SMILES string of the molecule is NCCC1CN(C(=O)c2ccsc2)c2ccccc21. The van der Waals surface area contributed by atoms with Crippen molar-refractivity contribution in [2.45, 2.75) is 12.3 Å². The number of hydrogen-bond donors (Lipinski definition) is 1. The molecule has 0 fully saturated rings. The van der Waals surface area contributed by atoms with Crippen molar-refractivity contribution in [2.75, 3.05) is 18.0 Å². The molecule has 3 nitrogen and oxygen atoms in total. The molecule has 3 rings (SSSR count). The van der Waals surface area contributed by atoms with Gasteiger partial charge in [-0.2, -0.15) is 11.3 Å². The van der Waals surface area contributed by atoms with Gasteiger partial charge in [0.15, 0.2) is 0 Å². The van der Waals surface area contributed by atoms with E-state index in [1.165, 1.54) is 5.56 Å². The Bertz CT molecular complexity index is 580. The van der Waals surface area contributed by atoms with Gasteiger partial charge in [-0.25, -0.2) is 0 Å². The van der Waals surface area contributed by atoms with Crippen molar-refractivity contribution in [1.82, 2.24) is 0 Å². The number of nitrogens with zero attached hydrogens (tertiary/aromatic N) is 1. The second-order valence-corrected chi connectivity index (χ2v) is 5.54. The van der Waals surface area contributed by atoms with Gasteiger partial charge in [0.25, 0.3) is 5.91 Å². The zero-order chi connectivity index (χ0) is 13.2. The number of hydrogen-bond acceptors (Lipinski definition) is 3. The Labute approximate surface area is 116 Å². The molecule has 1 unspecified atom stereocenters. The van der Waals surface area contributed by atoms with E-state index in [9.17, 15) is 4.79 Å². The van der Waals surface area contributed by atoms with Crippen LogP contribution in [0.3, 0.4) is 0 Å². The summed E-state index contributed by atoms with van der Waals surface area (Å²) in [5.74, 6) is 0.456. The third kappa shape index (κ3) is 2.17. The van der Waals surface area contributed by atoms with E-state index in [2.05, 4.69) is 6.07 Å². The van der Waals surface area contributed by atoms with E-state index in [1.807, 2.05) is 39.9 Å². The highest BCUT2D eigenvalue weighted by Gasteiger charge is 2.31. The second-order valence-electron chi connectivity index (χ2n) is 4.76. The number of carbonyl (C=O) groups excluding carboxylic acids is 1. The molecule has 1 atom stereocenters. The van der Waals surface area contributed by atoms with Crippen molar-refractivity contribution in [3.63, 3.8) is 0 Å². The predicted molar refractivity (Wildman–Crippen MR) is 78.8 cm³/mol. The lowest BCUT2D eigenvalue weighted by Gasteiger charge is -2.17. The fraction of sp³-hybridized carbons (Fsp3) is 0.267. The topological polar surface area (TPSA) is 46.3 Å². The van der Waals surface area contributed by atoms with Crippen molar-refractivity contribution < 1.29 is 4.79 Å². The molecule has 1 aliphatic rings. The van der Waals surface area contributed by atoms with Gasteiger partial charge in [0.05, 0.1) is 5.56 Å². The molecule has 2 N–H and O–H groups in total. The van der Waals surface area contributed by atoms with Crippen LogP contribution in [0.2, 0.25) is 0 Å². The molecule has 98 valence electrons. The Kier molecular flexibility index (Phi) is 3.36. The summed E-state index contributed by atoms with van der Waals surface area (Å²) in [4.78, 5) is 14.4. The Hall–Kier alpha value is -1.65. The quantitative estimate of drug-likeness (QED) is 0.934. The van der Waals surface area contributed by atoms with Crippen LogP contribution in [-0.4, -0.2) is 19.0 Å². The minimum Gasteiger partial charge on any atom is -0.330 e. The molecule has 0 saturated carbocycles. The summed E-state index contributed by atoms with van der Waals surface area (Å²) in [5, 5.41) is 3.84. The van der Waals surface area contributed by atoms with Crippen molar-refractivity contribution in [2.24, 2.45) is 5.73 Å². The molecule has 0 saturated heterocycles. The number of nitrogens with two attached hydrogens (primary N) is 1. The molecule has 1 amide bonds. The predicted octanol–water partition coefficient (Wildman–Crippen LogP) is 2.84. The highest BCUT2D eigenvalue weighted by atomic mass is 32.1. The number of rotatable bonds is 3. The largest absolute Gasteiger partial charge is 0.330 e. The van der Waals surface area contributed by atoms with Gasteiger partial charge in [-0.1, -0.05) is 18.2 Å². The molecule has 2 heterocycles. The van der Waals surface area contributed by atoms with Crippen LogP contribution in [-0.2, 0) is 0 Å². The second kappa shape index (κ2) is 5.15. The van der Waals surface area contributed by atoms with E-state index >= 15 is 0 Å². The summed E-state index contributed by atoms with van der Waals surface area (Å²) in [5.41, 5.74) is 8.74. The lowest BCUT2D eigenvalue weighted by atomic mass is 9.98. The van der Waals surface area contributed by atoms with Gasteiger partial charge in [0.1, 0.15) is 0 Å². The molecule has 0 bridgehead atoms. The molecule has 0 radical (unpaired) electrons. The lowest BCUT2D eigenvalue weighted by molar-refractivity contribution is 0.0988. The fourth-order valence-corrected chi connectivity index (χ4v) is 3.31. The fourth-order valence-electron chi connectivity index (χ4n) is 2.68. The summed E-state index contributed by atoms with van der Waals surface area (Å²) < 4.78 is 0. The van der Waals surface area contributed by atoms with Crippen LogP contribution in [0.15, 0.2) is 41.1 Å². The number of carbonyl (C=O) groups is 1. The maximum atomic E-state index is 12.5. The van der Waals surface area contributed by atoms with Crippen LogP contribution >= 0.6 is 11.3 Å². The van der Waals surface area contributed by atoms with Crippen LogP contribution in [0.25, 0.3) is 0 Å². The van der Waals surface area contributed by atoms with Gasteiger partial charge in [0.2, 0.25) is 0 Å². The zero-order valence-electron chi connectivity index (χ0n) is 10.6. The van der Waals surface area contributed by atoms with Crippen LogP contribution < -0.4 is 10.6 Å². The molecule has 4 heteroatoms. The summed E-state index contributed by atoms with van der Waals surface area (Å²) in [6, 6.07) is 10.0. The molecule has 0 spiro atoms. The lowest BCUT2D eigenvalue weighted by Crippen LogP contribution is -2.29. The average Bonchev–Trinajstić information content (AvgIpc) is 3.07. The molecule has 19 heavy (non-hydrogen) atoms. The van der Waals surface area contributed by atoms with Gasteiger partial charge >= 0.3 is 0 Å². The van der Waals surface area contributed by atoms with Crippen LogP contribution in [0.5, 0.6) is 0 Å². The standard InChI is InChI=1S/C15H16N2OS/c16-7-5-11-9-17(14-4-2-1-3-13(11)14)15(18)12-6-8-19-10-12/h1-4,6,8,10-11H,5,7,9,16H2. The maximum Gasteiger partial charge on any atom is 0.259 e. The minimum atomic E-state index is 0.0909. The highest BCUT2D eigenvalue weighted by Crippen LogP contribution is 2.38. The Balaban J connectivity index is 1.94. The van der Waals surface area contributed by atoms with E-state index in [-0.39, 0.29) is 5.91 Å². The normalized spacial score (nSPS) is 17.5. The zero-order valence-corrected chi connectivity index (χ0v) is 11.4. The molecule has 2 aromatic rings. The van der Waals surface area contributed by atoms with Gasteiger partial charge in [-0.15, -0.1) is 0 Å². The Morgan fingerprint density at radius 1 is 1.37 bits per heavy atom. The van der Waals surface area contributed by atoms with Crippen LogP contribution in [0, 0.1) is 0 Å². The number of thiophene rings is 1. The van der Waals surface area contributed by atoms with Crippen LogP contribution in [0.1, 0.15) is 28.3 Å². The molecule has 1 aromatic carbocycles. The van der Waals surface area contributed by atoms with Gasteiger partial charge in [-0.05, 0) is 36.0 Å². The monoisotopic (exact) mass is 272 g/mol. The summed E-state index contributed by atoms with van der Waals surface area (Å²) >= 11 is 1.55. The number of anilines is 1. The Morgan fingerprint density at radius 3 is 2.95 bits per heavy atom. The van der Waals surface area contributed by atoms with E-state index in [1.54, 1.807) is 11.3 Å². The maximum absolute atomic E-state index is 12.5. The first kappa shape index (κ1) is 12.4. The average molecular weight is 272 g/mol. The molecule has 0 aliphatic carbocycles. The molecular weight excluding hydrogens is 256 g/mol. The van der Waals surface area contributed by atoms with Gasteiger partial charge in [0, 0.05) is 23.5 Å². The first-order valence-corrected chi connectivity index (χ1v) is 7.38. The number of para-hydroxylation sites is 1. The van der Waals surface area contributed by atoms with Crippen molar-refractivity contribution in [3.05, 3.63) is 52.2 Å². The first-order chi connectivity index (χ1) is 9.31.